The molecule has 1 aromatic heterocycles. The van der Waals surface area contributed by atoms with Crippen LogP contribution in [0.2, 0.25) is 0 Å². The average molecular weight is 309 g/mol. The zero-order valence-corrected chi connectivity index (χ0v) is 13.3. The third-order valence-corrected chi connectivity index (χ3v) is 5.07. The fourth-order valence-corrected chi connectivity index (χ4v) is 3.88. The summed E-state index contributed by atoms with van der Waals surface area (Å²) in [5.41, 5.74) is 3.02. The molecule has 0 aliphatic heterocycles. The van der Waals surface area contributed by atoms with E-state index in [1.165, 1.54) is 36.8 Å². The molecule has 1 unspecified atom stereocenters. The third-order valence-electron chi connectivity index (χ3n) is 5.07. The summed E-state index contributed by atoms with van der Waals surface area (Å²) >= 11 is 0. The van der Waals surface area contributed by atoms with Crippen molar-refractivity contribution in [2.24, 2.45) is 0 Å². The van der Waals surface area contributed by atoms with Crippen molar-refractivity contribution >= 4 is 0 Å². The van der Waals surface area contributed by atoms with Crippen LogP contribution in [0.3, 0.4) is 0 Å². The molecule has 1 fully saturated rings. The van der Waals surface area contributed by atoms with E-state index >= 15 is 0 Å². The van der Waals surface area contributed by atoms with Gasteiger partial charge in [0.2, 0.25) is 5.88 Å². The number of fused-ring (bicyclic) bond motifs is 1. The first-order valence-electron chi connectivity index (χ1n) is 8.65. The highest BCUT2D eigenvalue weighted by atomic mass is 16.5. The molecule has 4 nitrogen and oxygen atoms in total. The van der Waals surface area contributed by atoms with E-state index in [4.69, 9.17) is 4.74 Å². The fraction of sp³-hybridized carbons (Fsp3) is 0.474. The van der Waals surface area contributed by atoms with Crippen molar-refractivity contribution in [3.8, 4) is 5.88 Å². The third kappa shape index (κ3) is 3.37. The van der Waals surface area contributed by atoms with Crippen LogP contribution in [0.15, 0.2) is 42.9 Å². The van der Waals surface area contributed by atoms with E-state index in [-0.39, 0.29) is 6.10 Å². The lowest BCUT2D eigenvalue weighted by Crippen LogP contribution is -2.37. The molecule has 120 valence electrons. The molecule has 1 saturated carbocycles. The van der Waals surface area contributed by atoms with Gasteiger partial charge >= 0.3 is 0 Å². The summed E-state index contributed by atoms with van der Waals surface area (Å²) in [4.78, 5) is 8.25. The quantitative estimate of drug-likeness (QED) is 0.940. The van der Waals surface area contributed by atoms with Crippen LogP contribution in [-0.2, 0) is 6.42 Å². The number of aromatic nitrogens is 2. The molecular formula is C19H23N3O. The molecule has 1 heterocycles. The summed E-state index contributed by atoms with van der Waals surface area (Å²) in [6.07, 6.45) is 12.3. The van der Waals surface area contributed by atoms with Crippen LogP contribution in [0, 0.1) is 0 Å². The largest absolute Gasteiger partial charge is 0.473 e. The summed E-state index contributed by atoms with van der Waals surface area (Å²) in [5, 5.41) is 3.87. The summed E-state index contributed by atoms with van der Waals surface area (Å²) in [7, 11) is 0. The first-order chi connectivity index (χ1) is 11.4. The maximum Gasteiger partial charge on any atom is 0.232 e. The standard InChI is InChI=1S/C19H23N3O/c1-2-4-17-14(3-1)5-10-18(17)22-15-6-8-16(9-7-15)23-19-13-20-11-12-21-19/h1-4,11-13,15-16,18,22H,5-10H2. The summed E-state index contributed by atoms with van der Waals surface area (Å²) < 4.78 is 5.93. The minimum atomic E-state index is 0.278. The van der Waals surface area contributed by atoms with Crippen molar-refractivity contribution in [2.75, 3.05) is 0 Å². The number of aryl methyl sites for hydroxylation is 1. The number of hydrogen-bond donors (Lipinski definition) is 1. The second-order valence-electron chi connectivity index (χ2n) is 6.59. The molecule has 23 heavy (non-hydrogen) atoms. The van der Waals surface area contributed by atoms with Gasteiger partial charge in [-0.1, -0.05) is 24.3 Å². The molecule has 0 spiro atoms. The van der Waals surface area contributed by atoms with Gasteiger partial charge in [-0.25, -0.2) is 4.98 Å². The van der Waals surface area contributed by atoms with Gasteiger partial charge < -0.3 is 10.1 Å². The molecule has 4 rings (SSSR count). The maximum atomic E-state index is 5.93. The highest BCUT2D eigenvalue weighted by Gasteiger charge is 2.28. The minimum Gasteiger partial charge on any atom is -0.473 e. The highest BCUT2D eigenvalue weighted by Crippen LogP contribution is 2.33. The Morgan fingerprint density at radius 3 is 2.70 bits per heavy atom. The second kappa shape index (κ2) is 6.67. The number of hydrogen-bond acceptors (Lipinski definition) is 4. The topological polar surface area (TPSA) is 47.0 Å². The van der Waals surface area contributed by atoms with Gasteiger partial charge in [0.25, 0.3) is 0 Å². The van der Waals surface area contributed by atoms with Gasteiger partial charge in [0.15, 0.2) is 0 Å². The maximum absolute atomic E-state index is 5.93. The van der Waals surface area contributed by atoms with E-state index in [0.717, 1.165) is 12.8 Å². The van der Waals surface area contributed by atoms with Gasteiger partial charge in [-0.05, 0) is 49.7 Å². The average Bonchev–Trinajstić information content (AvgIpc) is 3.01. The van der Waals surface area contributed by atoms with Gasteiger partial charge in [-0.15, -0.1) is 0 Å². The van der Waals surface area contributed by atoms with Crippen LogP contribution < -0.4 is 10.1 Å². The van der Waals surface area contributed by atoms with Crippen LogP contribution >= 0.6 is 0 Å². The van der Waals surface area contributed by atoms with Crippen LogP contribution in [0.1, 0.15) is 49.3 Å². The molecule has 2 aromatic rings. The summed E-state index contributed by atoms with van der Waals surface area (Å²) in [5.74, 6) is 0.647. The Bertz CT molecular complexity index is 638. The van der Waals surface area contributed by atoms with Crippen LogP contribution in [0.5, 0.6) is 5.88 Å². The SMILES string of the molecule is c1ccc2c(c1)CCC2NC1CCC(Oc2cnccn2)CC1. The Labute approximate surface area is 137 Å². The number of ether oxygens (including phenoxy) is 1. The Balaban J connectivity index is 1.29. The van der Waals surface area contributed by atoms with E-state index in [9.17, 15) is 0 Å². The van der Waals surface area contributed by atoms with Crippen molar-refractivity contribution < 1.29 is 4.74 Å². The summed E-state index contributed by atoms with van der Waals surface area (Å²) in [6.45, 7) is 0. The van der Waals surface area contributed by atoms with E-state index in [0.29, 0.717) is 18.0 Å². The highest BCUT2D eigenvalue weighted by molar-refractivity contribution is 5.34. The normalized spacial score (nSPS) is 26.7. The first-order valence-corrected chi connectivity index (χ1v) is 8.65. The van der Waals surface area contributed by atoms with E-state index in [1.54, 1.807) is 18.6 Å². The van der Waals surface area contributed by atoms with Crippen molar-refractivity contribution in [2.45, 2.75) is 56.7 Å². The Morgan fingerprint density at radius 2 is 1.87 bits per heavy atom. The predicted octanol–water partition coefficient (Wildman–Crippen LogP) is 3.44. The van der Waals surface area contributed by atoms with Gasteiger partial charge in [0.1, 0.15) is 6.10 Å². The Kier molecular flexibility index (Phi) is 4.24. The molecule has 0 amide bonds. The van der Waals surface area contributed by atoms with E-state index in [1.807, 2.05) is 0 Å². The van der Waals surface area contributed by atoms with Crippen molar-refractivity contribution in [1.29, 1.82) is 0 Å². The Morgan fingerprint density at radius 1 is 1.00 bits per heavy atom. The lowest BCUT2D eigenvalue weighted by Gasteiger charge is -2.31. The minimum absolute atomic E-state index is 0.278. The van der Waals surface area contributed by atoms with Crippen molar-refractivity contribution in [1.82, 2.24) is 15.3 Å². The number of benzene rings is 1. The van der Waals surface area contributed by atoms with Gasteiger partial charge in [-0.2, -0.15) is 0 Å². The van der Waals surface area contributed by atoms with Crippen molar-refractivity contribution in [3.05, 3.63) is 54.0 Å². The molecule has 0 saturated heterocycles. The molecule has 4 heteroatoms. The predicted molar refractivity (Wildman–Crippen MR) is 89.3 cm³/mol. The molecule has 2 aliphatic rings. The number of rotatable bonds is 4. The van der Waals surface area contributed by atoms with Crippen molar-refractivity contribution in [3.63, 3.8) is 0 Å². The van der Waals surface area contributed by atoms with Gasteiger partial charge in [0.05, 0.1) is 6.20 Å². The molecular weight excluding hydrogens is 286 g/mol. The lowest BCUT2D eigenvalue weighted by molar-refractivity contribution is 0.130. The Hall–Kier alpha value is -1.94. The monoisotopic (exact) mass is 309 g/mol. The van der Waals surface area contributed by atoms with Crippen LogP contribution in [-0.4, -0.2) is 22.1 Å². The molecule has 0 radical (unpaired) electrons. The van der Waals surface area contributed by atoms with Crippen LogP contribution in [0.4, 0.5) is 0 Å². The van der Waals surface area contributed by atoms with Gasteiger partial charge in [0, 0.05) is 24.5 Å². The zero-order valence-electron chi connectivity index (χ0n) is 13.3. The van der Waals surface area contributed by atoms with Crippen LogP contribution in [0.25, 0.3) is 0 Å². The molecule has 2 aliphatic carbocycles. The first kappa shape index (κ1) is 14.6. The molecule has 1 atom stereocenters. The molecule has 1 N–H and O–H groups in total. The molecule has 0 bridgehead atoms. The second-order valence-corrected chi connectivity index (χ2v) is 6.59. The lowest BCUT2D eigenvalue weighted by atomic mass is 9.92. The van der Waals surface area contributed by atoms with E-state index in [2.05, 4.69) is 39.6 Å². The number of nitrogens with one attached hydrogen (secondary N) is 1. The summed E-state index contributed by atoms with van der Waals surface area (Å²) in [6, 6.07) is 9.99. The fourth-order valence-electron chi connectivity index (χ4n) is 3.88. The molecule has 1 aromatic carbocycles. The zero-order chi connectivity index (χ0) is 15.5. The smallest absolute Gasteiger partial charge is 0.232 e. The number of nitrogens with zero attached hydrogens (tertiary/aromatic N) is 2. The van der Waals surface area contributed by atoms with E-state index < -0.39 is 0 Å². The van der Waals surface area contributed by atoms with Gasteiger partial charge in [-0.3, -0.25) is 4.98 Å².